The molecule has 1 aliphatic carbocycles. The van der Waals surface area contributed by atoms with Crippen LogP contribution in [0.25, 0.3) is 10.9 Å². The molecule has 1 aliphatic rings. The Morgan fingerprint density at radius 2 is 2.00 bits per heavy atom. The lowest BCUT2D eigenvalue weighted by atomic mass is 9.86. The minimum absolute atomic E-state index is 0. The largest absolute Gasteiger partial charge is 0.358 e. The van der Waals surface area contributed by atoms with E-state index in [1.807, 2.05) is 6.07 Å². The number of fused-ring (bicyclic) bond motifs is 3. The summed E-state index contributed by atoms with van der Waals surface area (Å²) in [6.07, 6.45) is 7.07. The van der Waals surface area contributed by atoms with Crippen LogP contribution in [-0.4, -0.2) is 24.0 Å². The van der Waals surface area contributed by atoms with E-state index < -0.39 is 0 Å². The number of carbonyl (C=O) groups is 1. The highest BCUT2D eigenvalue weighted by atomic mass is 35.5. The van der Waals surface area contributed by atoms with Crippen LogP contribution in [0.2, 0.25) is 0 Å². The smallest absolute Gasteiger partial charge is 0.224 e. The highest BCUT2D eigenvalue weighted by Crippen LogP contribution is 2.33. The Kier molecular flexibility index (Phi) is 8.56. The molecule has 5 heteroatoms. The van der Waals surface area contributed by atoms with E-state index in [9.17, 15) is 4.79 Å². The molecule has 1 amide bonds. The van der Waals surface area contributed by atoms with E-state index in [0.717, 1.165) is 50.9 Å². The van der Waals surface area contributed by atoms with Gasteiger partial charge in [-0.15, -0.1) is 12.4 Å². The van der Waals surface area contributed by atoms with Gasteiger partial charge < -0.3 is 15.6 Å². The van der Waals surface area contributed by atoms with Crippen molar-refractivity contribution in [1.82, 2.24) is 10.3 Å². The zero-order valence-electron chi connectivity index (χ0n) is 18.4. The quantitative estimate of drug-likeness (QED) is 0.377. The zero-order valence-corrected chi connectivity index (χ0v) is 19.2. The minimum atomic E-state index is 0. The van der Waals surface area contributed by atoms with Gasteiger partial charge in [0, 0.05) is 28.7 Å². The first-order valence-corrected chi connectivity index (χ1v) is 11.4. The molecule has 3 N–H and O–H groups in total. The summed E-state index contributed by atoms with van der Waals surface area (Å²) >= 11 is 0. The molecule has 0 bridgehead atoms. The summed E-state index contributed by atoms with van der Waals surface area (Å²) in [6, 6.07) is 16.9. The molecule has 0 fully saturated rings. The summed E-state index contributed by atoms with van der Waals surface area (Å²) in [4.78, 5) is 15.7. The molecule has 1 heterocycles. The Bertz CT molecular complexity index is 983. The summed E-state index contributed by atoms with van der Waals surface area (Å²) < 4.78 is 0. The van der Waals surface area contributed by atoms with Crippen LogP contribution in [0.15, 0.2) is 48.5 Å². The topological polar surface area (TPSA) is 56.9 Å². The van der Waals surface area contributed by atoms with Crippen molar-refractivity contribution >= 4 is 34.9 Å². The van der Waals surface area contributed by atoms with Gasteiger partial charge in [-0.3, -0.25) is 4.79 Å². The first kappa shape index (κ1) is 23.4. The van der Waals surface area contributed by atoms with Crippen LogP contribution in [0.4, 0.5) is 5.69 Å². The predicted molar refractivity (Wildman–Crippen MR) is 132 cm³/mol. The van der Waals surface area contributed by atoms with Crippen LogP contribution < -0.4 is 10.6 Å². The number of rotatable bonds is 9. The van der Waals surface area contributed by atoms with Gasteiger partial charge in [0.15, 0.2) is 0 Å². The lowest BCUT2D eigenvalue weighted by Gasteiger charge is -2.23. The number of aromatic amines is 1. The second-order valence-corrected chi connectivity index (χ2v) is 8.54. The van der Waals surface area contributed by atoms with Crippen molar-refractivity contribution in [2.24, 2.45) is 5.92 Å². The average Bonchev–Trinajstić information content (AvgIpc) is 3.13. The maximum atomic E-state index is 12.1. The number of unbranched alkanes of at least 4 members (excludes halogenated alkanes) is 1. The number of benzene rings is 2. The average molecular weight is 440 g/mol. The normalized spacial score (nSPS) is 15.3. The van der Waals surface area contributed by atoms with E-state index in [4.69, 9.17) is 0 Å². The zero-order chi connectivity index (χ0) is 20.8. The van der Waals surface area contributed by atoms with Gasteiger partial charge >= 0.3 is 0 Å². The molecule has 2 aromatic carbocycles. The second-order valence-electron chi connectivity index (χ2n) is 8.54. The van der Waals surface area contributed by atoms with Crippen LogP contribution >= 0.6 is 12.4 Å². The number of anilines is 1. The van der Waals surface area contributed by atoms with E-state index in [2.05, 4.69) is 65.0 Å². The number of H-pyrrole nitrogens is 1. The summed E-state index contributed by atoms with van der Waals surface area (Å²) in [5.74, 6) is 0.774. The summed E-state index contributed by atoms with van der Waals surface area (Å²) in [6.45, 7) is 4.19. The van der Waals surface area contributed by atoms with Crippen LogP contribution in [0, 0.1) is 5.92 Å². The third kappa shape index (κ3) is 6.11. The van der Waals surface area contributed by atoms with Gasteiger partial charge in [-0.25, -0.2) is 0 Å². The molecule has 4 rings (SSSR count). The van der Waals surface area contributed by atoms with E-state index in [-0.39, 0.29) is 18.3 Å². The highest BCUT2D eigenvalue weighted by Gasteiger charge is 2.22. The molecule has 0 saturated carbocycles. The Hall–Kier alpha value is -2.30. The molecule has 0 spiro atoms. The fourth-order valence-electron chi connectivity index (χ4n) is 4.49. The summed E-state index contributed by atoms with van der Waals surface area (Å²) in [7, 11) is 0. The van der Waals surface area contributed by atoms with Crippen molar-refractivity contribution in [1.29, 1.82) is 0 Å². The Labute approximate surface area is 191 Å². The van der Waals surface area contributed by atoms with Crippen LogP contribution in [0.1, 0.15) is 49.4 Å². The van der Waals surface area contributed by atoms with Crippen LogP contribution in [0.5, 0.6) is 0 Å². The Morgan fingerprint density at radius 1 is 1.16 bits per heavy atom. The molecule has 1 unspecified atom stereocenters. The third-order valence-corrected chi connectivity index (χ3v) is 6.20. The van der Waals surface area contributed by atoms with E-state index >= 15 is 0 Å². The number of nitrogens with one attached hydrogen (secondary N) is 3. The lowest BCUT2D eigenvalue weighted by molar-refractivity contribution is -0.116. The van der Waals surface area contributed by atoms with Gasteiger partial charge in [0.1, 0.15) is 0 Å². The van der Waals surface area contributed by atoms with Crippen LogP contribution in [-0.2, 0) is 24.1 Å². The predicted octanol–water partition coefficient (Wildman–Crippen LogP) is 5.66. The van der Waals surface area contributed by atoms with E-state index in [1.54, 1.807) is 0 Å². The van der Waals surface area contributed by atoms with Gasteiger partial charge in [-0.05, 0) is 80.4 Å². The van der Waals surface area contributed by atoms with E-state index in [1.165, 1.54) is 34.1 Å². The number of amides is 1. The molecule has 1 atom stereocenters. The fraction of sp³-hybridized carbons (Fsp3) is 0.423. The molecular formula is C26H34ClN3O. The SMILES string of the molecule is CCCCC(=O)Nc1ccc2[nH]c3c(c2c1)CC(CNCCc1ccccc1)CC3.Cl. The van der Waals surface area contributed by atoms with Gasteiger partial charge in [0.25, 0.3) is 0 Å². The van der Waals surface area contributed by atoms with Crippen molar-refractivity contribution in [3.63, 3.8) is 0 Å². The van der Waals surface area contributed by atoms with Crippen molar-refractivity contribution in [2.45, 2.75) is 51.9 Å². The van der Waals surface area contributed by atoms with Crippen molar-refractivity contribution < 1.29 is 4.79 Å². The fourth-order valence-corrected chi connectivity index (χ4v) is 4.49. The summed E-state index contributed by atoms with van der Waals surface area (Å²) in [5, 5.41) is 8.00. The maximum Gasteiger partial charge on any atom is 0.224 e. The molecule has 0 saturated heterocycles. The number of carbonyl (C=O) groups excluding carboxylic acids is 1. The first-order valence-electron chi connectivity index (χ1n) is 11.4. The van der Waals surface area contributed by atoms with E-state index in [0.29, 0.717) is 12.3 Å². The minimum Gasteiger partial charge on any atom is -0.358 e. The molecule has 0 aliphatic heterocycles. The van der Waals surface area contributed by atoms with Crippen molar-refractivity contribution in [2.75, 3.05) is 18.4 Å². The maximum absolute atomic E-state index is 12.1. The monoisotopic (exact) mass is 439 g/mol. The number of aryl methyl sites for hydroxylation is 1. The number of hydrogen-bond donors (Lipinski definition) is 3. The number of hydrogen-bond acceptors (Lipinski definition) is 2. The number of halogens is 1. The first-order chi connectivity index (χ1) is 14.7. The standard InChI is InChI=1S/C26H33N3O.ClH/c1-2-3-9-26(30)28-21-11-13-25-23(17-21)22-16-20(10-12-24(22)29-25)18-27-15-14-19-7-5-4-6-8-19;/h4-8,11,13,17,20,27,29H,2-3,9-10,12,14-16,18H2,1H3,(H,28,30);1H. The molecule has 0 radical (unpaired) electrons. The number of aromatic nitrogens is 1. The molecule has 166 valence electrons. The van der Waals surface area contributed by atoms with Crippen LogP contribution in [0.3, 0.4) is 0 Å². The molecule has 3 aromatic rings. The van der Waals surface area contributed by atoms with Gasteiger partial charge in [-0.1, -0.05) is 43.7 Å². The Morgan fingerprint density at radius 3 is 2.81 bits per heavy atom. The van der Waals surface area contributed by atoms with Gasteiger partial charge in [0.05, 0.1) is 0 Å². The summed E-state index contributed by atoms with van der Waals surface area (Å²) in [5.41, 5.74) is 6.30. The molecule has 4 nitrogen and oxygen atoms in total. The highest BCUT2D eigenvalue weighted by molar-refractivity contribution is 5.95. The lowest BCUT2D eigenvalue weighted by Crippen LogP contribution is -2.28. The third-order valence-electron chi connectivity index (χ3n) is 6.20. The second kappa shape index (κ2) is 11.4. The van der Waals surface area contributed by atoms with Crippen molar-refractivity contribution in [3.05, 3.63) is 65.4 Å². The molecule has 1 aromatic heterocycles. The molecule has 31 heavy (non-hydrogen) atoms. The molecular weight excluding hydrogens is 406 g/mol. The Balaban J connectivity index is 0.00000272. The van der Waals surface area contributed by atoms with Crippen molar-refractivity contribution in [3.8, 4) is 0 Å². The van der Waals surface area contributed by atoms with Gasteiger partial charge in [0.2, 0.25) is 5.91 Å². The van der Waals surface area contributed by atoms with Gasteiger partial charge in [-0.2, -0.15) is 0 Å².